The number of benzene rings is 2. The second-order valence-electron chi connectivity index (χ2n) is 5.07. The number of hydrogen-bond donors (Lipinski definition) is 1. The normalized spacial score (nSPS) is 13.3. The molecular formula is C17H16F2O3S. The lowest BCUT2D eigenvalue weighted by Crippen LogP contribution is -2.17. The first kappa shape index (κ1) is 17.3. The molecule has 23 heavy (non-hydrogen) atoms. The molecule has 0 aliphatic carbocycles. The zero-order valence-electron chi connectivity index (χ0n) is 12.2. The summed E-state index contributed by atoms with van der Waals surface area (Å²) in [5, 5.41) is 9.87. The van der Waals surface area contributed by atoms with Crippen molar-refractivity contribution >= 4 is 15.9 Å². The third-order valence-electron chi connectivity index (χ3n) is 3.19. The highest BCUT2D eigenvalue weighted by molar-refractivity contribution is 7.91. The van der Waals surface area contributed by atoms with E-state index in [4.69, 9.17) is 0 Å². The summed E-state index contributed by atoms with van der Waals surface area (Å²) in [6, 6.07) is 11.7. The Hall–Kier alpha value is -2.05. The maximum Gasteiger partial charge on any atom is 0.156 e. The molecule has 0 saturated heterocycles. The van der Waals surface area contributed by atoms with E-state index >= 15 is 0 Å². The molecule has 2 aromatic carbocycles. The Balaban J connectivity index is 2.03. The Labute approximate surface area is 133 Å². The molecular weight excluding hydrogens is 322 g/mol. The quantitative estimate of drug-likeness (QED) is 0.880. The van der Waals surface area contributed by atoms with E-state index in [2.05, 4.69) is 0 Å². The van der Waals surface area contributed by atoms with Gasteiger partial charge in [0.25, 0.3) is 0 Å². The lowest BCUT2D eigenvalue weighted by Gasteiger charge is -2.11. The third kappa shape index (κ3) is 5.26. The molecule has 0 amide bonds. The molecule has 0 aromatic heterocycles. The van der Waals surface area contributed by atoms with Gasteiger partial charge in [0.2, 0.25) is 0 Å². The van der Waals surface area contributed by atoms with E-state index in [1.165, 1.54) is 6.08 Å². The van der Waals surface area contributed by atoms with E-state index in [1.54, 1.807) is 6.08 Å². The van der Waals surface area contributed by atoms with E-state index in [0.29, 0.717) is 0 Å². The SMILES string of the molecule is O=S(=O)(CC=Cc1ccccc1)CC(O)c1cc(F)ccc1F. The molecule has 0 spiro atoms. The predicted molar refractivity (Wildman–Crippen MR) is 85.4 cm³/mol. The van der Waals surface area contributed by atoms with Crippen molar-refractivity contribution in [1.82, 2.24) is 0 Å². The van der Waals surface area contributed by atoms with Crippen LogP contribution < -0.4 is 0 Å². The van der Waals surface area contributed by atoms with E-state index in [-0.39, 0.29) is 11.3 Å². The molecule has 1 atom stereocenters. The minimum absolute atomic E-state index is 0.296. The van der Waals surface area contributed by atoms with Crippen LogP contribution in [0, 0.1) is 11.6 Å². The molecule has 1 N–H and O–H groups in total. The molecule has 3 nitrogen and oxygen atoms in total. The number of rotatable bonds is 6. The van der Waals surface area contributed by atoms with Crippen LogP contribution in [0.5, 0.6) is 0 Å². The standard InChI is InChI=1S/C17H16F2O3S/c18-14-8-9-16(19)15(11-14)17(20)12-23(21,22)10-4-7-13-5-2-1-3-6-13/h1-9,11,17,20H,10,12H2. The van der Waals surface area contributed by atoms with Gasteiger partial charge in [0.05, 0.1) is 17.6 Å². The van der Waals surface area contributed by atoms with Gasteiger partial charge in [-0.15, -0.1) is 0 Å². The molecule has 122 valence electrons. The summed E-state index contributed by atoms with van der Waals surface area (Å²) in [5.41, 5.74) is 0.486. The van der Waals surface area contributed by atoms with Crippen molar-refractivity contribution in [2.75, 3.05) is 11.5 Å². The summed E-state index contributed by atoms with van der Waals surface area (Å²) in [7, 11) is -3.65. The number of aliphatic hydroxyl groups excluding tert-OH is 1. The first-order valence-electron chi connectivity index (χ1n) is 6.92. The zero-order chi connectivity index (χ0) is 16.9. The van der Waals surface area contributed by atoms with Gasteiger partial charge in [-0.3, -0.25) is 0 Å². The van der Waals surface area contributed by atoms with Gasteiger partial charge in [0.1, 0.15) is 11.6 Å². The summed E-state index contributed by atoms with van der Waals surface area (Å²) in [4.78, 5) is 0. The monoisotopic (exact) mass is 338 g/mol. The van der Waals surface area contributed by atoms with Crippen LogP contribution in [0.3, 0.4) is 0 Å². The minimum atomic E-state index is -3.65. The van der Waals surface area contributed by atoms with Crippen LogP contribution in [0.4, 0.5) is 8.78 Å². The van der Waals surface area contributed by atoms with Gasteiger partial charge in [-0.2, -0.15) is 0 Å². The second-order valence-corrected chi connectivity index (χ2v) is 7.23. The highest BCUT2D eigenvalue weighted by Gasteiger charge is 2.21. The van der Waals surface area contributed by atoms with Crippen molar-refractivity contribution in [3.05, 3.63) is 77.4 Å². The molecule has 0 fully saturated rings. The fourth-order valence-electron chi connectivity index (χ4n) is 2.06. The summed E-state index contributed by atoms with van der Waals surface area (Å²) in [6.45, 7) is 0. The summed E-state index contributed by atoms with van der Waals surface area (Å²) in [5.74, 6) is -2.54. The summed E-state index contributed by atoms with van der Waals surface area (Å²) < 4.78 is 50.6. The van der Waals surface area contributed by atoms with Crippen molar-refractivity contribution < 1.29 is 22.3 Å². The summed E-state index contributed by atoms with van der Waals surface area (Å²) in [6.07, 6.45) is 1.49. The Kier molecular flexibility index (Phi) is 5.63. The largest absolute Gasteiger partial charge is 0.387 e. The minimum Gasteiger partial charge on any atom is -0.387 e. The number of sulfone groups is 1. The lowest BCUT2D eigenvalue weighted by molar-refractivity contribution is 0.196. The van der Waals surface area contributed by atoms with Gasteiger partial charge in [-0.1, -0.05) is 42.5 Å². The first-order valence-corrected chi connectivity index (χ1v) is 8.74. The van der Waals surface area contributed by atoms with Gasteiger partial charge >= 0.3 is 0 Å². The molecule has 0 saturated carbocycles. The highest BCUT2D eigenvalue weighted by Crippen LogP contribution is 2.20. The van der Waals surface area contributed by atoms with Gasteiger partial charge in [0, 0.05) is 5.56 Å². The van der Waals surface area contributed by atoms with Crippen LogP contribution in [-0.2, 0) is 9.84 Å². The Bertz CT molecular complexity index is 787. The fraction of sp³-hybridized carbons (Fsp3) is 0.176. The van der Waals surface area contributed by atoms with Crippen molar-refractivity contribution in [1.29, 1.82) is 0 Å². The molecule has 2 rings (SSSR count). The van der Waals surface area contributed by atoms with Crippen LogP contribution in [-0.4, -0.2) is 25.0 Å². The first-order chi connectivity index (χ1) is 10.9. The van der Waals surface area contributed by atoms with E-state index in [9.17, 15) is 22.3 Å². The maximum atomic E-state index is 13.5. The van der Waals surface area contributed by atoms with E-state index < -0.39 is 33.3 Å². The topological polar surface area (TPSA) is 54.4 Å². The molecule has 0 bridgehead atoms. The average molecular weight is 338 g/mol. The third-order valence-corrected chi connectivity index (χ3v) is 4.71. The number of halogens is 2. The molecule has 0 aliphatic rings. The van der Waals surface area contributed by atoms with Crippen molar-refractivity contribution in [2.45, 2.75) is 6.10 Å². The molecule has 1 unspecified atom stereocenters. The molecule has 0 aliphatic heterocycles. The van der Waals surface area contributed by atoms with Crippen molar-refractivity contribution in [3.63, 3.8) is 0 Å². The molecule has 0 radical (unpaired) electrons. The average Bonchev–Trinajstić information content (AvgIpc) is 2.50. The fourth-order valence-corrected chi connectivity index (χ4v) is 3.25. The zero-order valence-corrected chi connectivity index (χ0v) is 13.0. The second kappa shape index (κ2) is 7.48. The summed E-state index contributed by atoms with van der Waals surface area (Å²) >= 11 is 0. The Morgan fingerprint density at radius 2 is 1.78 bits per heavy atom. The number of aliphatic hydroxyl groups is 1. The molecule has 6 heteroatoms. The van der Waals surface area contributed by atoms with Crippen LogP contribution >= 0.6 is 0 Å². The predicted octanol–water partition coefficient (Wildman–Crippen LogP) is 3.13. The van der Waals surface area contributed by atoms with Crippen molar-refractivity contribution in [3.8, 4) is 0 Å². The number of hydrogen-bond acceptors (Lipinski definition) is 3. The smallest absolute Gasteiger partial charge is 0.156 e. The van der Waals surface area contributed by atoms with Gasteiger partial charge in [-0.25, -0.2) is 17.2 Å². The van der Waals surface area contributed by atoms with Crippen molar-refractivity contribution in [2.24, 2.45) is 0 Å². The van der Waals surface area contributed by atoms with Crippen LogP contribution in [0.1, 0.15) is 17.2 Å². The van der Waals surface area contributed by atoms with Crippen LogP contribution in [0.15, 0.2) is 54.6 Å². The van der Waals surface area contributed by atoms with E-state index in [1.807, 2.05) is 30.3 Å². The Morgan fingerprint density at radius 1 is 1.09 bits per heavy atom. The Morgan fingerprint density at radius 3 is 2.48 bits per heavy atom. The van der Waals surface area contributed by atoms with Gasteiger partial charge in [0.15, 0.2) is 9.84 Å². The van der Waals surface area contributed by atoms with Crippen LogP contribution in [0.25, 0.3) is 6.08 Å². The maximum absolute atomic E-state index is 13.5. The van der Waals surface area contributed by atoms with Gasteiger partial charge in [-0.05, 0) is 23.8 Å². The van der Waals surface area contributed by atoms with Gasteiger partial charge < -0.3 is 5.11 Å². The van der Waals surface area contributed by atoms with E-state index in [0.717, 1.165) is 23.8 Å². The van der Waals surface area contributed by atoms with Crippen LogP contribution in [0.2, 0.25) is 0 Å². The lowest BCUT2D eigenvalue weighted by atomic mass is 10.1. The molecule has 0 heterocycles. The highest BCUT2D eigenvalue weighted by atomic mass is 32.2. The molecule has 2 aromatic rings.